The summed E-state index contributed by atoms with van der Waals surface area (Å²) in [5.41, 5.74) is 0. The Kier molecular flexibility index (Phi) is 8.99. The van der Waals surface area contributed by atoms with Crippen LogP contribution in [0.15, 0.2) is 12.7 Å². The molecule has 0 rings (SSSR count). The molecule has 90 valence electrons. The molecule has 0 amide bonds. The molecule has 0 fully saturated rings. The van der Waals surface area contributed by atoms with Gasteiger partial charge in [-0.3, -0.25) is 0 Å². The van der Waals surface area contributed by atoms with Crippen molar-refractivity contribution < 1.29 is 13.3 Å². The van der Waals surface area contributed by atoms with E-state index in [0.29, 0.717) is 6.61 Å². The van der Waals surface area contributed by atoms with Crippen LogP contribution in [0.4, 0.5) is 0 Å². The van der Waals surface area contributed by atoms with Crippen molar-refractivity contribution in [3.05, 3.63) is 12.7 Å². The zero-order valence-corrected chi connectivity index (χ0v) is 11.3. The van der Waals surface area contributed by atoms with Crippen molar-refractivity contribution in [1.82, 2.24) is 0 Å². The van der Waals surface area contributed by atoms with Crippen molar-refractivity contribution in [2.24, 2.45) is 0 Å². The van der Waals surface area contributed by atoms with Gasteiger partial charge in [-0.2, -0.15) is 0 Å². The average molecular weight is 232 g/mol. The summed E-state index contributed by atoms with van der Waals surface area (Å²) in [6.07, 6.45) is 6.56. The van der Waals surface area contributed by atoms with Crippen LogP contribution in [0.1, 0.15) is 32.6 Å². The van der Waals surface area contributed by atoms with Gasteiger partial charge in [-0.25, -0.2) is 0 Å². The van der Waals surface area contributed by atoms with Crippen LogP contribution in [0.25, 0.3) is 0 Å². The Labute approximate surface area is 94.8 Å². The first-order valence-electron chi connectivity index (χ1n) is 5.59. The van der Waals surface area contributed by atoms with Crippen molar-refractivity contribution in [3.63, 3.8) is 0 Å². The molecular formula is C11H24O3Si. The number of hydrogen-bond acceptors (Lipinski definition) is 3. The first kappa shape index (κ1) is 14.8. The van der Waals surface area contributed by atoms with Crippen molar-refractivity contribution in [3.8, 4) is 0 Å². The SMILES string of the molecule is C=CCO[Si](CCCCCC)(OC)OC. The summed E-state index contributed by atoms with van der Waals surface area (Å²) < 4.78 is 16.5. The highest BCUT2D eigenvalue weighted by atomic mass is 28.4. The fourth-order valence-electron chi connectivity index (χ4n) is 1.43. The maximum atomic E-state index is 5.63. The normalized spacial score (nSPS) is 11.7. The monoisotopic (exact) mass is 232 g/mol. The molecule has 0 heterocycles. The summed E-state index contributed by atoms with van der Waals surface area (Å²) in [6.45, 7) is 6.33. The van der Waals surface area contributed by atoms with E-state index in [9.17, 15) is 0 Å². The Morgan fingerprint density at radius 2 is 1.80 bits per heavy atom. The van der Waals surface area contributed by atoms with Crippen LogP contribution in [0.5, 0.6) is 0 Å². The topological polar surface area (TPSA) is 27.7 Å². The molecule has 0 aliphatic carbocycles. The second-order valence-electron chi connectivity index (χ2n) is 3.50. The van der Waals surface area contributed by atoms with E-state index < -0.39 is 8.80 Å². The maximum absolute atomic E-state index is 5.63. The smallest absolute Gasteiger partial charge is 0.377 e. The van der Waals surface area contributed by atoms with Gasteiger partial charge >= 0.3 is 8.80 Å². The fraction of sp³-hybridized carbons (Fsp3) is 0.818. The van der Waals surface area contributed by atoms with Crippen LogP contribution in [0.3, 0.4) is 0 Å². The second-order valence-corrected chi connectivity index (χ2v) is 6.47. The highest BCUT2D eigenvalue weighted by molar-refractivity contribution is 6.60. The summed E-state index contributed by atoms with van der Waals surface area (Å²) in [5.74, 6) is 0. The van der Waals surface area contributed by atoms with E-state index in [-0.39, 0.29) is 0 Å². The van der Waals surface area contributed by atoms with Crippen molar-refractivity contribution >= 4 is 8.80 Å². The van der Waals surface area contributed by atoms with Gasteiger partial charge < -0.3 is 13.3 Å². The molecule has 0 spiro atoms. The Balaban J connectivity index is 3.93. The minimum Gasteiger partial charge on any atom is -0.377 e. The molecule has 3 nitrogen and oxygen atoms in total. The Bertz CT molecular complexity index is 158. The summed E-state index contributed by atoms with van der Waals surface area (Å²) in [4.78, 5) is 0. The van der Waals surface area contributed by atoms with E-state index in [0.717, 1.165) is 12.5 Å². The van der Waals surface area contributed by atoms with Crippen LogP contribution in [0.2, 0.25) is 6.04 Å². The third-order valence-corrected chi connectivity index (χ3v) is 5.20. The lowest BCUT2D eigenvalue weighted by Crippen LogP contribution is -2.43. The molecule has 0 aromatic carbocycles. The summed E-state index contributed by atoms with van der Waals surface area (Å²) in [7, 11) is 0.945. The maximum Gasteiger partial charge on any atom is 0.500 e. The first-order chi connectivity index (χ1) is 7.24. The lowest BCUT2D eigenvalue weighted by Gasteiger charge is -2.25. The van der Waals surface area contributed by atoms with E-state index >= 15 is 0 Å². The van der Waals surface area contributed by atoms with E-state index in [1.54, 1.807) is 20.3 Å². The van der Waals surface area contributed by atoms with Crippen molar-refractivity contribution in [2.75, 3.05) is 20.8 Å². The minimum absolute atomic E-state index is 0.502. The molecule has 0 atom stereocenters. The largest absolute Gasteiger partial charge is 0.500 e. The average Bonchev–Trinajstić information content (AvgIpc) is 2.29. The van der Waals surface area contributed by atoms with Gasteiger partial charge in [-0.15, -0.1) is 6.58 Å². The molecule has 0 saturated carbocycles. The molecule has 0 aliphatic rings. The molecule has 0 aliphatic heterocycles. The highest BCUT2D eigenvalue weighted by Crippen LogP contribution is 2.18. The third-order valence-electron chi connectivity index (χ3n) is 2.38. The summed E-state index contributed by atoms with van der Waals surface area (Å²) in [5, 5.41) is 0. The van der Waals surface area contributed by atoms with Crippen LogP contribution in [-0.4, -0.2) is 29.6 Å². The number of hydrogen-bond donors (Lipinski definition) is 0. The van der Waals surface area contributed by atoms with Gasteiger partial charge in [-0.1, -0.05) is 32.3 Å². The highest BCUT2D eigenvalue weighted by Gasteiger charge is 2.37. The van der Waals surface area contributed by atoms with Gasteiger partial charge in [0.1, 0.15) is 0 Å². The summed E-state index contributed by atoms with van der Waals surface area (Å²) in [6, 6.07) is 0.897. The Morgan fingerprint density at radius 3 is 2.27 bits per heavy atom. The van der Waals surface area contributed by atoms with Gasteiger partial charge in [0.15, 0.2) is 0 Å². The van der Waals surface area contributed by atoms with E-state index in [1.165, 1.54) is 19.3 Å². The van der Waals surface area contributed by atoms with E-state index in [4.69, 9.17) is 13.3 Å². The van der Waals surface area contributed by atoms with Gasteiger partial charge in [-0.05, 0) is 6.42 Å². The molecule has 15 heavy (non-hydrogen) atoms. The lowest BCUT2D eigenvalue weighted by molar-refractivity contribution is 0.109. The zero-order chi connectivity index (χ0) is 11.6. The van der Waals surface area contributed by atoms with E-state index in [2.05, 4.69) is 13.5 Å². The molecule has 0 N–H and O–H groups in total. The Hall–Kier alpha value is -0.163. The molecular weight excluding hydrogens is 208 g/mol. The molecule has 0 unspecified atom stereocenters. The predicted octanol–water partition coefficient (Wildman–Crippen LogP) is 3.00. The van der Waals surface area contributed by atoms with Crippen LogP contribution in [0, 0.1) is 0 Å². The standard InChI is InChI=1S/C11H24O3Si/c1-5-7-8-9-11-15(12-3,13-4)14-10-6-2/h6H,2,5,7-11H2,1,3-4H3. The van der Waals surface area contributed by atoms with E-state index in [1.807, 2.05) is 0 Å². The second kappa shape index (κ2) is 9.09. The minimum atomic E-state index is -2.39. The van der Waals surface area contributed by atoms with Crippen molar-refractivity contribution in [2.45, 2.75) is 38.7 Å². The quantitative estimate of drug-likeness (QED) is 0.329. The van der Waals surface area contributed by atoms with Crippen LogP contribution >= 0.6 is 0 Å². The number of unbranched alkanes of at least 4 members (excludes halogenated alkanes) is 3. The van der Waals surface area contributed by atoms with Gasteiger partial charge in [0.25, 0.3) is 0 Å². The Morgan fingerprint density at radius 1 is 1.13 bits per heavy atom. The number of rotatable bonds is 10. The van der Waals surface area contributed by atoms with Gasteiger partial charge in [0, 0.05) is 20.3 Å². The lowest BCUT2D eigenvalue weighted by atomic mass is 10.2. The van der Waals surface area contributed by atoms with Crippen LogP contribution < -0.4 is 0 Å². The first-order valence-corrected chi connectivity index (χ1v) is 7.53. The molecule has 0 bridgehead atoms. The molecule has 0 saturated heterocycles. The molecule has 0 radical (unpaired) electrons. The fourth-order valence-corrected chi connectivity index (χ4v) is 3.44. The zero-order valence-electron chi connectivity index (χ0n) is 10.3. The molecule has 0 aromatic rings. The third kappa shape index (κ3) is 6.09. The van der Waals surface area contributed by atoms with Crippen LogP contribution in [-0.2, 0) is 13.3 Å². The van der Waals surface area contributed by atoms with Crippen molar-refractivity contribution in [1.29, 1.82) is 0 Å². The molecule has 4 heteroatoms. The summed E-state index contributed by atoms with van der Waals surface area (Å²) >= 11 is 0. The predicted molar refractivity (Wildman–Crippen MR) is 64.9 cm³/mol. The van der Waals surface area contributed by atoms with Gasteiger partial charge in [0.2, 0.25) is 0 Å². The van der Waals surface area contributed by atoms with Gasteiger partial charge in [0.05, 0.1) is 6.61 Å². The molecule has 0 aromatic heterocycles.